The summed E-state index contributed by atoms with van der Waals surface area (Å²) in [7, 11) is 0. The fourth-order valence-electron chi connectivity index (χ4n) is 1.89. The maximum absolute atomic E-state index is 5.96. The number of aromatic nitrogens is 4. The lowest BCUT2D eigenvalue weighted by atomic mass is 10.4. The van der Waals surface area contributed by atoms with E-state index in [4.69, 9.17) is 11.6 Å². The van der Waals surface area contributed by atoms with Crippen LogP contribution in [0, 0.1) is 6.92 Å². The van der Waals surface area contributed by atoms with E-state index in [1.807, 2.05) is 6.92 Å². The Kier molecular flexibility index (Phi) is 4.12. The molecule has 2 rings (SSSR count). The molecule has 0 saturated carbocycles. The number of nitrogens with zero attached hydrogens (tertiary/aromatic N) is 4. The molecule has 18 heavy (non-hydrogen) atoms. The summed E-state index contributed by atoms with van der Waals surface area (Å²) in [5, 5.41) is 1.64. The van der Waals surface area contributed by atoms with Crippen molar-refractivity contribution < 1.29 is 0 Å². The summed E-state index contributed by atoms with van der Waals surface area (Å²) in [4.78, 5) is 13.0. The van der Waals surface area contributed by atoms with Crippen LogP contribution in [0.4, 0.5) is 0 Å². The van der Waals surface area contributed by atoms with Gasteiger partial charge in [-0.15, -0.1) is 11.8 Å². The Bertz CT molecular complexity index is 565. The molecule has 0 saturated heterocycles. The van der Waals surface area contributed by atoms with Crippen LogP contribution in [0.15, 0.2) is 5.03 Å². The third-order valence-corrected chi connectivity index (χ3v) is 3.68. The highest BCUT2D eigenvalue weighted by Crippen LogP contribution is 2.30. The van der Waals surface area contributed by atoms with Crippen molar-refractivity contribution in [3.63, 3.8) is 0 Å². The molecule has 6 heteroatoms. The summed E-state index contributed by atoms with van der Waals surface area (Å²) >= 11 is 7.66. The van der Waals surface area contributed by atoms with Gasteiger partial charge >= 0.3 is 0 Å². The Balaban J connectivity index is 2.65. The molecule has 0 radical (unpaired) electrons. The highest BCUT2D eigenvalue weighted by Gasteiger charge is 2.16. The largest absolute Gasteiger partial charge is 0.325 e. The van der Waals surface area contributed by atoms with Crippen LogP contribution in [0.1, 0.15) is 33.0 Å². The summed E-state index contributed by atoms with van der Waals surface area (Å²) in [5.74, 6) is 0.967. The summed E-state index contributed by atoms with van der Waals surface area (Å²) in [6, 6.07) is 0. The van der Waals surface area contributed by atoms with E-state index in [0.29, 0.717) is 10.9 Å². The molecule has 0 N–H and O–H groups in total. The molecule has 98 valence electrons. The highest BCUT2D eigenvalue weighted by atomic mass is 35.5. The lowest BCUT2D eigenvalue weighted by molar-refractivity contribution is 0.671. The van der Waals surface area contributed by atoms with E-state index < -0.39 is 0 Å². The SMILES string of the molecule is CCCn1c(C)nc2nc(Cl)nc(SC(C)C)c21. The summed E-state index contributed by atoms with van der Waals surface area (Å²) in [6.07, 6.45) is 1.06. The van der Waals surface area contributed by atoms with E-state index in [1.165, 1.54) is 0 Å². The Morgan fingerprint density at radius 2 is 2.00 bits per heavy atom. The van der Waals surface area contributed by atoms with Gasteiger partial charge in [0.1, 0.15) is 16.4 Å². The molecule has 2 aromatic heterocycles. The van der Waals surface area contributed by atoms with Crippen molar-refractivity contribution in [1.29, 1.82) is 0 Å². The van der Waals surface area contributed by atoms with Gasteiger partial charge in [-0.05, 0) is 24.9 Å². The minimum atomic E-state index is 0.270. The van der Waals surface area contributed by atoms with Crippen molar-refractivity contribution in [1.82, 2.24) is 19.5 Å². The molecule has 0 fully saturated rings. The van der Waals surface area contributed by atoms with E-state index in [2.05, 4.69) is 40.3 Å². The Morgan fingerprint density at radius 3 is 2.61 bits per heavy atom. The second-order valence-electron chi connectivity index (χ2n) is 4.45. The number of aryl methyl sites for hydroxylation is 2. The van der Waals surface area contributed by atoms with E-state index in [-0.39, 0.29) is 5.28 Å². The summed E-state index contributed by atoms with van der Waals surface area (Å²) in [5.41, 5.74) is 1.71. The zero-order valence-electron chi connectivity index (χ0n) is 11.1. The number of thioether (sulfide) groups is 1. The van der Waals surface area contributed by atoms with Crippen LogP contribution in [0.2, 0.25) is 5.28 Å². The van der Waals surface area contributed by atoms with Crippen molar-refractivity contribution in [2.24, 2.45) is 0 Å². The molecule has 4 nitrogen and oxygen atoms in total. The fourth-order valence-corrected chi connectivity index (χ4v) is 3.00. The average Bonchev–Trinajstić information content (AvgIpc) is 2.54. The van der Waals surface area contributed by atoms with Crippen LogP contribution in [-0.4, -0.2) is 24.8 Å². The molecule has 0 bridgehead atoms. The minimum absolute atomic E-state index is 0.270. The molecule has 0 aliphatic rings. The first kappa shape index (κ1) is 13.6. The second kappa shape index (κ2) is 5.45. The maximum atomic E-state index is 5.96. The van der Waals surface area contributed by atoms with Crippen LogP contribution in [-0.2, 0) is 6.54 Å². The van der Waals surface area contributed by atoms with Gasteiger partial charge in [0.05, 0.1) is 0 Å². The van der Waals surface area contributed by atoms with Crippen LogP contribution in [0.25, 0.3) is 11.2 Å². The molecule has 0 spiro atoms. The van der Waals surface area contributed by atoms with Gasteiger partial charge in [-0.2, -0.15) is 4.98 Å². The van der Waals surface area contributed by atoms with E-state index in [0.717, 1.165) is 29.3 Å². The summed E-state index contributed by atoms with van der Waals surface area (Å²) in [6.45, 7) is 9.35. The number of imidazole rings is 1. The van der Waals surface area contributed by atoms with Crippen LogP contribution >= 0.6 is 23.4 Å². The number of rotatable bonds is 4. The number of halogens is 1. The lowest BCUT2D eigenvalue weighted by Crippen LogP contribution is -2.02. The molecule has 0 amide bonds. The molecule has 0 unspecified atom stereocenters. The average molecular weight is 285 g/mol. The fraction of sp³-hybridized carbons (Fsp3) is 0.583. The molecular weight excluding hydrogens is 268 g/mol. The first-order valence-corrected chi connectivity index (χ1v) is 7.35. The van der Waals surface area contributed by atoms with Gasteiger partial charge in [0, 0.05) is 11.8 Å². The monoisotopic (exact) mass is 284 g/mol. The number of fused-ring (bicyclic) bond motifs is 1. The van der Waals surface area contributed by atoms with Gasteiger partial charge in [0.15, 0.2) is 5.65 Å². The maximum Gasteiger partial charge on any atom is 0.225 e. The van der Waals surface area contributed by atoms with Crippen molar-refractivity contribution in [3.05, 3.63) is 11.1 Å². The van der Waals surface area contributed by atoms with E-state index in [1.54, 1.807) is 11.8 Å². The quantitative estimate of drug-likeness (QED) is 0.488. The van der Waals surface area contributed by atoms with Crippen molar-refractivity contribution in [2.75, 3.05) is 0 Å². The third-order valence-electron chi connectivity index (χ3n) is 2.53. The van der Waals surface area contributed by atoms with Gasteiger partial charge in [-0.3, -0.25) is 0 Å². The molecule has 0 aliphatic carbocycles. The normalized spacial score (nSPS) is 11.7. The number of hydrogen-bond donors (Lipinski definition) is 0. The molecule has 0 aliphatic heterocycles. The molecule has 0 aromatic carbocycles. The Hall–Kier alpha value is -0.810. The van der Waals surface area contributed by atoms with Gasteiger partial charge in [0.2, 0.25) is 5.28 Å². The van der Waals surface area contributed by atoms with Gasteiger partial charge in [0.25, 0.3) is 0 Å². The highest BCUT2D eigenvalue weighted by molar-refractivity contribution is 8.00. The van der Waals surface area contributed by atoms with E-state index >= 15 is 0 Å². The van der Waals surface area contributed by atoms with E-state index in [9.17, 15) is 0 Å². The number of hydrogen-bond acceptors (Lipinski definition) is 4. The first-order chi connectivity index (χ1) is 8.52. The lowest BCUT2D eigenvalue weighted by Gasteiger charge is -2.09. The molecule has 2 heterocycles. The topological polar surface area (TPSA) is 43.6 Å². The second-order valence-corrected chi connectivity index (χ2v) is 6.35. The molecule has 0 atom stereocenters. The summed E-state index contributed by atoms with van der Waals surface area (Å²) < 4.78 is 2.18. The zero-order valence-corrected chi connectivity index (χ0v) is 12.6. The standard InChI is InChI=1S/C12H17ClN4S/c1-5-6-17-8(4)14-10-9(17)11(18-7(2)3)16-12(13)15-10/h7H,5-6H2,1-4H3. The predicted molar refractivity (Wildman–Crippen MR) is 76.4 cm³/mol. The third kappa shape index (κ3) is 2.62. The Labute approximate surface area is 116 Å². The first-order valence-electron chi connectivity index (χ1n) is 6.10. The van der Waals surface area contributed by atoms with Crippen LogP contribution < -0.4 is 0 Å². The molecule has 2 aromatic rings. The molecular formula is C12H17ClN4S. The van der Waals surface area contributed by atoms with Gasteiger partial charge < -0.3 is 4.57 Å². The van der Waals surface area contributed by atoms with Crippen LogP contribution in [0.3, 0.4) is 0 Å². The zero-order chi connectivity index (χ0) is 13.3. The van der Waals surface area contributed by atoms with Gasteiger partial charge in [-0.25, -0.2) is 9.97 Å². The van der Waals surface area contributed by atoms with Crippen molar-refractivity contribution in [3.8, 4) is 0 Å². The van der Waals surface area contributed by atoms with Crippen molar-refractivity contribution >= 4 is 34.5 Å². The minimum Gasteiger partial charge on any atom is -0.325 e. The van der Waals surface area contributed by atoms with Crippen molar-refractivity contribution in [2.45, 2.75) is 50.9 Å². The Morgan fingerprint density at radius 1 is 1.28 bits per heavy atom. The van der Waals surface area contributed by atoms with Crippen LogP contribution in [0.5, 0.6) is 0 Å². The smallest absolute Gasteiger partial charge is 0.225 e. The predicted octanol–water partition coefficient (Wildman–Crippen LogP) is 3.70. The van der Waals surface area contributed by atoms with Gasteiger partial charge in [-0.1, -0.05) is 20.8 Å².